The number of alkyl halides is 3. The molecule has 1 aromatic carbocycles. The molecule has 8 heteroatoms. The Bertz CT molecular complexity index is 581. The maximum absolute atomic E-state index is 12.8. The minimum atomic E-state index is -4.87. The summed E-state index contributed by atoms with van der Waals surface area (Å²) in [6.07, 6.45) is -6.62. The maximum atomic E-state index is 12.8. The molecule has 0 aliphatic carbocycles. The number of rotatable bonds is 1. The van der Waals surface area contributed by atoms with Gasteiger partial charge in [0.1, 0.15) is 5.75 Å². The summed E-state index contributed by atoms with van der Waals surface area (Å²) >= 11 is 11.5. The third kappa shape index (κ3) is 2.50. The van der Waals surface area contributed by atoms with Gasteiger partial charge in [-0.1, -0.05) is 23.2 Å². The van der Waals surface area contributed by atoms with E-state index in [1.807, 2.05) is 0 Å². The Hall–Kier alpha value is -1.40. The summed E-state index contributed by atoms with van der Waals surface area (Å²) in [5.41, 5.74) is -0.920. The van der Waals surface area contributed by atoms with Crippen molar-refractivity contribution in [3.05, 3.63) is 33.3 Å². The highest BCUT2D eigenvalue weighted by Gasteiger charge is 2.49. The van der Waals surface area contributed by atoms with E-state index in [9.17, 15) is 18.0 Å². The van der Waals surface area contributed by atoms with Crippen LogP contribution in [0.2, 0.25) is 10.0 Å². The number of ether oxygens (including phenoxy) is 1. The molecule has 2 rings (SSSR count). The molecule has 1 aromatic rings. The average Bonchev–Trinajstić information content (AvgIpc) is 2.31. The Labute approximate surface area is 115 Å². The van der Waals surface area contributed by atoms with Gasteiger partial charge in [-0.2, -0.15) is 13.2 Å². The van der Waals surface area contributed by atoms with E-state index in [0.717, 1.165) is 6.08 Å². The van der Waals surface area contributed by atoms with Crippen molar-refractivity contribution < 1.29 is 27.8 Å². The zero-order valence-corrected chi connectivity index (χ0v) is 10.5. The molecule has 0 bridgehead atoms. The fourth-order valence-corrected chi connectivity index (χ4v) is 2.05. The summed E-state index contributed by atoms with van der Waals surface area (Å²) < 4.78 is 43.0. The minimum Gasteiger partial charge on any atom is -0.478 e. The zero-order chi connectivity index (χ0) is 14.4. The third-order valence-corrected chi connectivity index (χ3v) is 3.08. The first-order chi connectivity index (χ1) is 8.71. The number of aliphatic carboxylic acids is 1. The van der Waals surface area contributed by atoms with Crippen molar-refractivity contribution in [1.82, 2.24) is 0 Å². The van der Waals surface area contributed by atoms with Gasteiger partial charge in [-0.3, -0.25) is 0 Å². The SMILES string of the molecule is O=C(O)C1=Cc2c(Cl)ccc(Cl)c2O[C@@H]1C(F)(F)F. The van der Waals surface area contributed by atoms with Crippen molar-refractivity contribution in [1.29, 1.82) is 0 Å². The Balaban J connectivity index is 2.64. The summed E-state index contributed by atoms with van der Waals surface area (Å²) in [6.45, 7) is 0. The second-order valence-corrected chi connectivity index (χ2v) is 4.53. The number of carboxylic acid groups (broad SMARTS) is 1. The topological polar surface area (TPSA) is 46.5 Å². The molecule has 19 heavy (non-hydrogen) atoms. The number of halogens is 5. The van der Waals surface area contributed by atoms with E-state index >= 15 is 0 Å². The van der Waals surface area contributed by atoms with E-state index in [-0.39, 0.29) is 21.4 Å². The van der Waals surface area contributed by atoms with Crippen molar-refractivity contribution >= 4 is 35.2 Å². The first-order valence-corrected chi connectivity index (χ1v) is 5.63. The van der Waals surface area contributed by atoms with Gasteiger partial charge < -0.3 is 9.84 Å². The molecule has 1 aliphatic rings. The van der Waals surface area contributed by atoms with Crippen LogP contribution in [0.4, 0.5) is 13.2 Å². The van der Waals surface area contributed by atoms with E-state index in [2.05, 4.69) is 0 Å². The lowest BCUT2D eigenvalue weighted by atomic mass is 10.0. The molecule has 0 aromatic heterocycles. The molecule has 1 N–H and O–H groups in total. The summed E-state index contributed by atoms with van der Waals surface area (Å²) in [6, 6.07) is 2.62. The number of carbonyl (C=O) groups is 1. The summed E-state index contributed by atoms with van der Waals surface area (Å²) in [5.74, 6) is -2.01. The molecule has 1 aliphatic heterocycles. The molecule has 102 valence electrons. The third-order valence-electron chi connectivity index (χ3n) is 2.46. The Morgan fingerprint density at radius 2 is 1.84 bits per heavy atom. The Morgan fingerprint density at radius 3 is 2.37 bits per heavy atom. The fraction of sp³-hybridized carbons (Fsp3) is 0.182. The van der Waals surface area contributed by atoms with E-state index in [1.54, 1.807) is 0 Å². The standard InChI is InChI=1S/C11H5Cl2F3O3/c12-6-1-2-7(13)8-4(6)3-5(10(17)18)9(19-8)11(14,15)16/h1-3,9H,(H,17,18)/t9-/m0/s1. The molecule has 3 nitrogen and oxygen atoms in total. The van der Waals surface area contributed by atoms with Crippen LogP contribution in [-0.4, -0.2) is 23.4 Å². The summed E-state index contributed by atoms with van der Waals surface area (Å²) in [5, 5.41) is 8.81. The van der Waals surface area contributed by atoms with Gasteiger partial charge in [-0.25, -0.2) is 4.79 Å². The zero-order valence-electron chi connectivity index (χ0n) is 8.96. The Kier molecular flexibility index (Phi) is 3.40. The molecule has 1 atom stereocenters. The van der Waals surface area contributed by atoms with Crippen LogP contribution in [-0.2, 0) is 4.79 Å². The highest BCUT2D eigenvalue weighted by molar-refractivity contribution is 6.35. The molecule has 0 saturated carbocycles. The molecule has 0 amide bonds. The summed E-state index contributed by atoms with van der Waals surface area (Å²) in [4.78, 5) is 10.9. The van der Waals surface area contributed by atoms with E-state index in [4.69, 9.17) is 33.0 Å². The second-order valence-electron chi connectivity index (χ2n) is 3.72. The van der Waals surface area contributed by atoms with Gasteiger partial charge in [0.25, 0.3) is 0 Å². The van der Waals surface area contributed by atoms with Crippen LogP contribution in [0.15, 0.2) is 17.7 Å². The Morgan fingerprint density at radius 1 is 1.26 bits per heavy atom. The van der Waals surface area contributed by atoms with E-state index < -0.39 is 23.8 Å². The summed E-state index contributed by atoms with van der Waals surface area (Å²) in [7, 11) is 0. The maximum Gasteiger partial charge on any atom is 0.430 e. The molecule has 0 unspecified atom stereocenters. The average molecular weight is 313 g/mol. The molecule has 0 fully saturated rings. The normalized spacial score (nSPS) is 18.4. The van der Waals surface area contributed by atoms with Gasteiger partial charge in [0.15, 0.2) is 0 Å². The van der Waals surface area contributed by atoms with Crippen LogP contribution in [0.25, 0.3) is 6.08 Å². The molecular weight excluding hydrogens is 308 g/mol. The molecule has 0 spiro atoms. The van der Waals surface area contributed by atoms with Crippen molar-refractivity contribution in [2.45, 2.75) is 12.3 Å². The molecule has 0 saturated heterocycles. The molecular formula is C11H5Cl2F3O3. The van der Waals surface area contributed by atoms with Gasteiger partial charge in [0, 0.05) is 5.56 Å². The van der Waals surface area contributed by atoms with Gasteiger partial charge in [0.05, 0.1) is 15.6 Å². The fourth-order valence-electron chi connectivity index (χ4n) is 1.63. The highest BCUT2D eigenvalue weighted by Crippen LogP contribution is 2.43. The smallest absolute Gasteiger partial charge is 0.430 e. The van der Waals surface area contributed by atoms with Crippen molar-refractivity contribution in [3.8, 4) is 5.75 Å². The number of fused-ring (bicyclic) bond motifs is 1. The number of hydrogen-bond acceptors (Lipinski definition) is 2. The van der Waals surface area contributed by atoms with Gasteiger partial charge in [-0.15, -0.1) is 0 Å². The van der Waals surface area contributed by atoms with Gasteiger partial charge in [-0.05, 0) is 18.2 Å². The first kappa shape index (κ1) is 14.0. The van der Waals surface area contributed by atoms with Crippen LogP contribution in [0, 0.1) is 0 Å². The minimum absolute atomic E-state index is 0.0204. The van der Waals surface area contributed by atoms with Crippen LogP contribution >= 0.6 is 23.2 Å². The van der Waals surface area contributed by atoms with E-state index in [1.165, 1.54) is 12.1 Å². The monoisotopic (exact) mass is 312 g/mol. The van der Waals surface area contributed by atoms with Crippen LogP contribution < -0.4 is 4.74 Å². The van der Waals surface area contributed by atoms with Crippen molar-refractivity contribution in [2.24, 2.45) is 0 Å². The van der Waals surface area contributed by atoms with Crippen LogP contribution in [0.3, 0.4) is 0 Å². The highest BCUT2D eigenvalue weighted by atomic mass is 35.5. The second kappa shape index (κ2) is 4.61. The lowest BCUT2D eigenvalue weighted by Crippen LogP contribution is -2.40. The largest absolute Gasteiger partial charge is 0.478 e. The number of hydrogen-bond donors (Lipinski definition) is 1. The first-order valence-electron chi connectivity index (χ1n) is 4.88. The van der Waals surface area contributed by atoms with Crippen LogP contribution in [0.1, 0.15) is 5.56 Å². The predicted molar refractivity (Wildman–Crippen MR) is 62.5 cm³/mol. The van der Waals surface area contributed by atoms with Crippen LogP contribution in [0.5, 0.6) is 5.75 Å². The van der Waals surface area contributed by atoms with Gasteiger partial charge in [0.2, 0.25) is 6.10 Å². The molecule has 0 radical (unpaired) electrons. The van der Waals surface area contributed by atoms with Gasteiger partial charge >= 0.3 is 12.1 Å². The quantitative estimate of drug-likeness (QED) is 0.858. The number of carboxylic acids is 1. The van der Waals surface area contributed by atoms with Crippen molar-refractivity contribution in [3.63, 3.8) is 0 Å². The predicted octanol–water partition coefficient (Wildman–Crippen LogP) is 3.78. The lowest BCUT2D eigenvalue weighted by Gasteiger charge is -2.27. The lowest BCUT2D eigenvalue weighted by molar-refractivity contribution is -0.187. The number of benzene rings is 1. The van der Waals surface area contributed by atoms with E-state index in [0.29, 0.717) is 0 Å². The molecule has 1 heterocycles. The van der Waals surface area contributed by atoms with Crippen molar-refractivity contribution in [2.75, 3.05) is 0 Å².